The van der Waals surface area contributed by atoms with Crippen LogP contribution >= 0.6 is 0 Å². The molecule has 8 nitrogen and oxygen atoms in total. The highest BCUT2D eigenvalue weighted by atomic mass is 16.5. The third-order valence-electron chi connectivity index (χ3n) is 7.93. The molecule has 1 N–H and O–H groups in total. The van der Waals surface area contributed by atoms with Gasteiger partial charge in [0, 0.05) is 69.9 Å². The first-order valence-electron chi connectivity index (χ1n) is 13.8. The molecule has 1 saturated carbocycles. The van der Waals surface area contributed by atoms with Crippen LogP contribution in [0.1, 0.15) is 61.9 Å². The predicted octanol–water partition coefficient (Wildman–Crippen LogP) is 4.61. The molecule has 2 heterocycles. The zero-order chi connectivity index (χ0) is 27.1. The molecule has 1 aromatic heterocycles. The van der Waals surface area contributed by atoms with Crippen LogP contribution in [0.25, 0.3) is 0 Å². The van der Waals surface area contributed by atoms with Gasteiger partial charge in [0.2, 0.25) is 5.91 Å². The molecule has 206 valence electrons. The molecule has 3 atom stereocenters. The number of ether oxygens (including phenoxy) is 2. The second kappa shape index (κ2) is 13.2. The van der Waals surface area contributed by atoms with Crippen LogP contribution in [-0.2, 0) is 16.1 Å². The van der Waals surface area contributed by atoms with Crippen molar-refractivity contribution in [2.75, 3.05) is 39.2 Å². The Morgan fingerprint density at radius 1 is 1.16 bits per heavy atom. The van der Waals surface area contributed by atoms with Crippen LogP contribution in [0.3, 0.4) is 0 Å². The quantitative estimate of drug-likeness (QED) is 0.618. The van der Waals surface area contributed by atoms with Crippen molar-refractivity contribution < 1.29 is 19.1 Å². The third-order valence-corrected chi connectivity index (χ3v) is 7.93. The average molecular weight is 523 g/mol. The smallest absolute Gasteiger partial charge is 0.257 e. The van der Waals surface area contributed by atoms with E-state index in [-0.39, 0.29) is 35.8 Å². The molecule has 4 rings (SSSR count). The van der Waals surface area contributed by atoms with E-state index in [9.17, 15) is 9.59 Å². The Morgan fingerprint density at radius 2 is 1.95 bits per heavy atom. The molecule has 1 aromatic carbocycles. The van der Waals surface area contributed by atoms with E-state index in [1.54, 1.807) is 43.5 Å². The van der Waals surface area contributed by atoms with Gasteiger partial charge in [0.1, 0.15) is 12.4 Å². The number of hydrogen-bond donors (Lipinski definition) is 1. The standard InChI is InChI=1S/C30H42N4O4/c1-21-17-34(18-23-9-8-14-31-16-23)22(2)20-38-27-15-25(32-29(35)24-10-6-5-7-11-24)12-13-26(27)30(36)33(3)19-28(21)37-4/h8-9,12-16,21-22,24,28H,5-7,10-11,17-20H2,1-4H3,(H,32,35)/t21-,22+,28+/m0/s1. The fraction of sp³-hybridized carbons (Fsp3) is 0.567. The van der Waals surface area contributed by atoms with Crippen molar-refractivity contribution in [1.29, 1.82) is 0 Å². The van der Waals surface area contributed by atoms with Crippen molar-refractivity contribution in [3.8, 4) is 5.75 Å². The summed E-state index contributed by atoms with van der Waals surface area (Å²) in [6.07, 6.45) is 8.81. The van der Waals surface area contributed by atoms with Crippen LogP contribution in [0, 0.1) is 11.8 Å². The van der Waals surface area contributed by atoms with Gasteiger partial charge < -0.3 is 19.7 Å². The van der Waals surface area contributed by atoms with Gasteiger partial charge >= 0.3 is 0 Å². The molecule has 2 amide bonds. The van der Waals surface area contributed by atoms with E-state index in [1.807, 2.05) is 12.3 Å². The monoisotopic (exact) mass is 522 g/mol. The minimum atomic E-state index is -0.125. The van der Waals surface area contributed by atoms with Crippen LogP contribution in [0.15, 0.2) is 42.7 Å². The normalized spacial score (nSPS) is 24.1. The maximum absolute atomic E-state index is 13.5. The molecule has 2 aliphatic rings. The summed E-state index contributed by atoms with van der Waals surface area (Å²) in [7, 11) is 3.50. The van der Waals surface area contributed by atoms with Gasteiger partial charge in [-0.25, -0.2) is 0 Å². The van der Waals surface area contributed by atoms with Gasteiger partial charge in [0.15, 0.2) is 0 Å². The number of carbonyl (C=O) groups is 2. The SMILES string of the molecule is CO[C@@H]1CN(C)C(=O)c2ccc(NC(=O)C3CCCCC3)cc2OC[C@@H](C)N(Cc2cccnc2)C[C@@H]1C. The number of hydrogen-bond acceptors (Lipinski definition) is 6. The van der Waals surface area contributed by atoms with Crippen molar-refractivity contribution in [2.45, 2.75) is 64.6 Å². The lowest BCUT2D eigenvalue weighted by atomic mass is 9.88. The zero-order valence-electron chi connectivity index (χ0n) is 23.2. The molecule has 0 bridgehead atoms. The number of amides is 2. The number of aromatic nitrogens is 1. The van der Waals surface area contributed by atoms with Crippen LogP contribution in [0.5, 0.6) is 5.75 Å². The van der Waals surface area contributed by atoms with E-state index in [4.69, 9.17) is 9.47 Å². The van der Waals surface area contributed by atoms with Crippen molar-refractivity contribution in [1.82, 2.24) is 14.8 Å². The number of methoxy groups -OCH3 is 1. The highest BCUT2D eigenvalue weighted by Gasteiger charge is 2.29. The first-order valence-corrected chi connectivity index (χ1v) is 13.8. The summed E-state index contributed by atoms with van der Waals surface area (Å²) in [5.74, 6) is 0.645. The molecule has 8 heteroatoms. The Bertz CT molecular complexity index is 1070. The Labute approximate surface area is 226 Å². The number of benzene rings is 1. The van der Waals surface area contributed by atoms with Crippen LogP contribution in [0.4, 0.5) is 5.69 Å². The first-order chi connectivity index (χ1) is 18.4. The molecule has 38 heavy (non-hydrogen) atoms. The molecule has 1 fully saturated rings. The Kier molecular flexibility index (Phi) is 9.74. The molecule has 0 unspecified atom stereocenters. The Morgan fingerprint density at radius 3 is 2.66 bits per heavy atom. The van der Waals surface area contributed by atoms with E-state index in [0.29, 0.717) is 30.2 Å². The second-order valence-electron chi connectivity index (χ2n) is 10.9. The van der Waals surface area contributed by atoms with Gasteiger partial charge in [-0.3, -0.25) is 19.5 Å². The lowest BCUT2D eigenvalue weighted by Gasteiger charge is -2.36. The summed E-state index contributed by atoms with van der Waals surface area (Å²) in [5.41, 5.74) is 2.27. The molecule has 0 saturated heterocycles. The third kappa shape index (κ3) is 7.11. The Balaban J connectivity index is 1.59. The summed E-state index contributed by atoms with van der Waals surface area (Å²) in [6, 6.07) is 9.46. The lowest BCUT2D eigenvalue weighted by Crippen LogP contribution is -2.46. The lowest BCUT2D eigenvalue weighted by molar-refractivity contribution is -0.120. The highest BCUT2D eigenvalue weighted by molar-refractivity contribution is 5.98. The number of rotatable bonds is 5. The summed E-state index contributed by atoms with van der Waals surface area (Å²) < 4.78 is 12.2. The molecule has 1 aliphatic heterocycles. The van der Waals surface area contributed by atoms with E-state index in [0.717, 1.165) is 44.3 Å². The van der Waals surface area contributed by atoms with Crippen molar-refractivity contribution in [2.24, 2.45) is 11.8 Å². The number of fused-ring (bicyclic) bond motifs is 1. The maximum atomic E-state index is 13.5. The number of nitrogens with one attached hydrogen (secondary N) is 1. The van der Waals surface area contributed by atoms with Gasteiger partial charge in [0.05, 0.1) is 11.7 Å². The molecule has 2 aromatic rings. The second-order valence-corrected chi connectivity index (χ2v) is 10.9. The predicted molar refractivity (Wildman–Crippen MR) is 148 cm³/mol. The molecule has 0 spiro atoms. The largest absolute Gasteiger partial charge is 0.491 e. The minimum Gasteiger partial charge on any atom is -0.491 e. The Hall–Kier alpha value is -2.97. The van der Waals surface area contributed by atoms with Gasteiger partial charge in [-0.1, -0.05) is 32.3 Å². The zero-order valence-corrected chi connectivity index (χ0v) is 23.2. The molecule has 0 radical (unpaired) electrons. The first kappa shape index (κ1) is 28.0. The van der Waals surface area contributed by atoms with Crippen LogP contribution in [0.2, 0.25) is 0 Å². The summed E-state index contributed by atoms with van der Waals surface area (Å²) in [5, 5.41) is 3.07. The van der Waals surface area contributed by atoms with E-state index in [1.165, 1.54) is 6.42 Å². The summed E-state index contributed by atoms with van der Waals surface area (Å²) in [6.45, 7) is 6.68. The number of pyridine rings is 1. The summed E-state index contributed by atoms with van der Waals surface area (Å²) in [4.78, 5) is 34.7. The van der Waals surface area contributed by atoms with Gasteiger partial charge in [-0.05, 0) is 49.4 Å². The van der Waals surface area contributed by atoms with E-state index in [2.05, 4.69) is 35.1 Å². The fourth-order valence-electron chi connectivity index (χ4n) is 5.48. The average Bonchev–Trinajstić information content (AvgIpc) is 2.94. The number of nitrogens with zero attached hydrogens (tertiary/aromatic N) is 3. The molecule has 1 aliphatic carbocycles. The van der Waals surface area contributed by atoms with Gasteiger partial charge in [0.25, 0.3) is 5.91 Å². The number of carbonyl (C=O) groups excluding carboxylic acids is 2. The molecular formula is C30H42N4O4. The van der Waals surface area contributed by atoms with Crippen molar-refractivity contribution in [3.05, 3.63) is 53.9 Å². The summed E-state index contributed by atoms with van der Waals surface area (Å²) >= 11 is 0. The van der Waals surface area contributed by atoms with Gasteiger partial charge in [-0.2, -0.15) is 0 Å². The van der Waals surface area contributed by atoms with E-state index >= 15 is 0 Å². The number of anilines is 1. The highest BCUT2D eigenvalue weighted by Crippen LogP contribution is 2.29. The van der Waals surface area contributed by atoms with Crippen molar-refractivity contribution >= 4 is 17.5 Å². The van der Waals surface area contributed by atoms with Crippen molar-refractivity contribution in [3.63, 3.8) is 0 Å². The fourth-order valence-corrected chi connectivity index (χ4v) is 5.48. The molecular weight excluding hydrogens is 480 g/mol. The van der Waals surface area contributed by atoms with E-state index < -0.39 is 0 Å². The topological polar surface area (TPSA) is 84.0 Å². The van der Waals surface area contributed by atoms with Crippen LogP contribution < -0.4 is 10.1 Å². The number of likely N-dealkylation sites (N-methyl/N-ethyl adjacent to an activating group) is 1. The minimum absolute atomic E-state index is 0.0486. The van der Waals surface area contributed by atoms with Gasteiger partial charge in [-0.15, -0.1) is 0 Å². The maximum Gasteiger partial charge on any atom is 0.257 e. The van der Waals surface area contributed by atoms with Crippen LogP contribution in [-0.4, -0.2) is 72.6 Å².